The summed E-state index contributed by atoms with van der Waals surface area (Å²) in [5.74, 6) is 0.992. The number of carbonyl (C=O) groups is 1. The minimum absolute atomic E-state index is 0.193. The molecule has 0 atom stereocenters. The Kier molecular flexibility index (Phi) is 13.5. The van der Waals surface area contributed by atoms with Gasteiger partial charge in [-0.2, -0.15) is 0 Å². The molecule has 0 radical (unpaired) electrons. The molecule has 0 fully saturated rings. The molecule has 0 saturated heterocycles. The summed E-state index contributed by atoms with van der Waals surface area (Å²) in [6.45, 7) is 17.4. The topological polar surface area (TPSA) is 60.0 Å². The van der Waals surface area contributed by atoms with Crippen molar-refractivity contribution in [3.8, 4) is 0 Å². The molecule has 2 N–H and O–H groups in total. The summed E-state index contributed by atoms with van der Waals surface area (Å²) in [6, 6.07) is 0. The van der Waals surface area contributed by atoms with Gasteiger partial charge in [0, 0.05) is 39.1 Å². The first-order valence-electron chi connectivity index (χ1n) is 9.14. The molecule has 0 aliphatic rings. The molecule has 0 spiro atoms. The first-order valence-corrected chi connectivity index (χ1v) is 9.14. The van der Waals surface area contributed by atoms with E-state index in [1.807, 2.05) is 25.7 Å². The fourth-order valence-corrected chi connectivity index (χ4v) is 2.41. The van der Waals surface area contributed by atoms with Crippen LogP contribution < -0.4 is 10.6 Å². The fraction of sp³-hybridized carbons (Fsp3) is 0.882. The zero-order valence-corrected chi connectivity index (χ0v) is 15.8. The number of aliphatic imine (C=N–C) groups is 1. The van der Waals surface area contributed by atoms with Crippen molar-refractivity contribution in [1.29, 1.82) is 0 Å². The molecule has 0 heterocycles. The lowest BCUT2D eigenvalue weighted by atomic mass is 10.3. The van der Waals surface area contributed by atoms with Crippen LogP contribution in [0.15, 0.2) is 4.99 Å². The van der Waals surface area contributed by atoms with E-state index in [1.54, 1.807) is 0 Å². The third-order valence-electron chi connectivity index (χ3n) is 3.76. The van der Waals surface area contributed by atoms with Crippen molar-refractivity contribution in [2.75, 3.05) is 52.4 Å². The van der Waals surface area contributed by atoms with Gasteiger partial charge in [-0.05, 0) is 40.3 Å². The number of amides is 1. The van der Waals surface area contributed by atoms with E-state index in [2.05, 4.69) is 34.4 Å². The molecule has 0 saturated carbocycles. The quantitative estimate of drug-likeness (QED) is 0.422. The van der Waals surface area contributed by atoms with E-state index in [4.69, 9.17) is 0 Å². The Bertz CT molecular complexity index is 329. The molecule has 23 heavy (non-hydrogen) atoms. The largest absolute Gasteiger partial charge is 0.357 e. The molecule has 0 aliphatic carbocycles. The van der Waals surface area contributed by atoms with Crippen molar-refractivity contribution < 1.29 is 4.79 Å². The zero-order chi connectivity index (χ0) is 17.5. The number of nitrogens with zero attached hydrogens (tertiary/aromatic N) is 3. The highest BCUT2D eigenvalue weighted by Gasteiger charge is 2.09. The molecule has 0 unspecified atom stereocenters. The van der Waals surface area contributed by atoms with Crippen LogP contribution in [0.2, 0.25) is 0 Å². The second kappa shape index (κ2) is 14.3. The van der Waals surface area contributed by atoms with Gasteiger partial charge in [0.15, 0.2) is 5.96 Å². The SMILES string of the molecule is CCCN(CC)CCN=C(NCC)NCCC(=O)N(CC)CC. The van der Waals surface area contributed by atoms with E-state index in [9.17, 15) is 4.79 Å². The average molecular weight is 328 g/mol. The summed E-state index contributed by atoms with van der Waals surface area (Å²) in [4.78, 5) is 20.8. The zero-order valence-electron chi connectivity index (χ0n) is 15.8. The van der Waals surface area contributed by atoms with Crippen LogP contribution in [0.3, 0.4) is 0 Å². The second-order valence-corrected chi connectivity index (χ2v) is 5.44. The van der Waals surface area contributed by atoms with Gasteiger partial charge in [-0.15, -0.1) is 0 Å². The lowest BCUT2D eigenvalue weighted by Gasteiger charge is -2.20. The summed E-state index contributed by atoms with van der Waals surface area (Å²) >= 11 is 0. The van der Waals surface area contributed by atoms with Crippen molar-refractivity contribution in [3.05, 3.63) is 0 Å². The summed E-state index contributed by atoms with van der Waals surface area (Å²) in [5, 5.41) is 6.48. The van der Waals surface area contributed by atoms with Crippen LogP contribution in [0.4, 0.5) is 0 Å². The average Bonchev–Trinajstić information content (AvgIpc) is 2.55. The van der Waals surface area contributed by atoms with E-state index in [1.165, 1.54) is 6.42 Å². The molecular weight excluding hydrogens is 290 g/mol. The molecule has 6 nitrogen and oxygen atoms in total. The maximum absolute atomic E-state index is 12.0. The summed E-state index contributed by atoms with van der Waals surface area (Å²) < 4.78 is 0. The fourth-order valence-electron chi connectivity index (χ4n) is 2.41. The maximum atomic E-state index is 12.0. The standard InChI is InChI=1S/C17H37N5O/c1-6-14-21(8-3)15-13-20-17(18-7-2)19-12-11-16(23)22(9-4)10-5/h6-15H2,1-5H3,(H2,18,19,20). The van der Waals surface area contributed by atoms with Crippen LogP contribution in [0.25, 0.3) is 0 Å². The van der Waals surface area contributed by atoms with E-state index in [0.29, 0.717) is 13.0 Å². The van der Waals surface area contributed by atoms with Gasteiger partial charge in [0.1, 0.15) is 0 Å². The summed E-state index contributed by atoms with van der Waals surface area (Å²) in [7, 11) is 0. The molecular formula is C17H37N5O. The van der Waals surface area contributed by atoms with Gasteiger partial charge in [0.05, 0.1) is 6.54 Å². The molecule has 0 rings (SSSR count). The first kappa shape index (κ1) is 21.7. The second-order valence-electron chi connectivity index (χ2n) is 5.44. The number of nitrogens with one attached hydrogen (secondary N) is 2. The van der Waals surface area contributed by atoms with Gasteiger partial charge in [-0.25, -0.2) is 0 Å². The monoisotopic (exact) mass is 327 g/mol. The minimum Gasteiger partial charge on any atom is -0.357 e. The van der Waals surface area contributed by atoms with Gasteiger partial charge in [0.2, 0.25) is 5.91 Å². The normalized spacial score (nSPS) is 11.7. The number of hydrogen-bond donors (Lipinski definition) is 2. The van der Waals surface area contributed by atoms with Crippen LogP contribution in [0, 0.1) is 0 Å². The summed E-state index contributed by atoms with van der Waals surface area (Å²) in [5.41, 5.74) is 0. The summed E-state index contributed by atoms with van der Waals surface area (Å²) in [6.07, 6.45) is 1.67. The van der Waals surface area contributed by atoms with Crippen molar-refractivity contribution in [2.24, 2.45) is 4.99 Å². The lowest BCUT2D eigenvalue weighted by molar-refractivity contribution is -0.130. The first-order chi connectivity index (χ1) is 11.1. The Morgan fingerprint density at radius 2 is 1.65 bits per heavy atom. The number of hydrogen-bond acceptors (Lipinski definition) is 3. The molecule has 0 aromatic heterocycles. The maximum Gasteiger partial charge on any atom is 0.224 e. The predicted molar refractivity (Wildman–Crippen MR) is 98.9 cm³/mol. The van der Waals surface area contributed by atoms with Crippen LogP contribution in [-0.4, -0.2) is 74.0 Å². The lowest BCUT2D eigenvalue weighted by Crippen LogP contribution is -2.40. The van der Waals surface area contributed by atoms with Crippen LogP contribution in [-0.2, 0) is 4.79 Å². The van der Waals surface area contributed by atoms with E-state index in [-0.39, 0.29) is 5.91 Å². The highest BCUT2D eigenvalue weighted by molar-refractivity contribution is 5.81. The smallest absolute Gasteiger partial charge is 0.224 e. The highest BCUT2D eigenvalue weighted by atomic mass is 16.2. The molecule has 0 aromatic carbocycles. The number of rotatable bonds is 12. The van der Waals surface area contributed by atoms with Crippen molar-refractivity contribution in [1.82, 2.24) is 20.4 Å². The Hall–Kier alpha value is -1.30. The van der Waals surface area contributed by atoms with Crippen LogP contribution in [0.1, 0.15) is 47.5 Å². The van der Waals surface area contributed by atoms with Gasteiger partial charge >= 0.3 is 0 Å². The molecule has 0 bridgehead atoms. The van der Waals surface area contributed by atoms with E-state index < -0.39 is 0 Å². The molecule has 0 aromatic rings. The van der Waals surface area contributed by atoms with E-state index in [0.717, 1.165) is 51.8 Å². The molecule has 136 valence electrons. The Morgan fingerprint density at radius 3 is 2.17 bits per heavy atom. The Balaban J connectivity index is 4.24. The van der Waals surface area contributed by atoms with Gasteiger partial charge in [-0.3, -0.25) is 9.79 Å². The van der Waals surface area contributed by atoms with Crippen LogP contribution in [0.5, 0.6) is 0 Å². The molecule has 1 amide bonds. The predicted octanol–water partition coefficient (Wildman–Crippen LogP) is 1.53. The number of carbonyl (C=O) groups excluding carboxylic acids is 1. The Labute approximate surface area is 142 Å². The van der Waals surface area contributed by atoms with Crippen molar-refractivity contribution in [3.63, 3.8) is 0 Å². The highest BCUT2D eigenvalue weighted by Crippen LogP contribution is 1.93. The van der Waals surface area contributed by atoms with Gasteiger partial charge in [-0.1, -0.05) is 13.8 Å². The van der Waals surface area contributed by atoms with Crippen LogP contribution >= 0.6 is 0 Å². The van der Waals surface area contributed by atoms with Gasteiger partial charge < -0.3 is 20.4 Å². The molecule has 6 heteroatoms. The third kappa shape index (κ3) is 10.2. The Morgan fingerprint density at radius 1 is 0.957 bits per heavy atom. The number of likely N-dealkylation sites (N-methyl/N-ethyl adjacent to an activating group) is 1. The third-order valence-corrected chi connectivity index (χ3v) is 3.76. The van der Waals surface area contributed by atoms with Gasteiger partial charge in [0.25, 0.3) is 0 Å². The van der Waals surface area contributed by atoms with Crippen molar-refractivity contribution in [2.45, 2.75) is 47.5 Å². The van der Waals surface area contributed by atoms with E-state index >= 15 is 0 Å². The van der Waals surface area contributed by atoms with Crippen molar-refractivity contribution >= 4 is 11.9 Å². The molecule has 0 aliphatic heterocycles. The number of guanidine groups is 1. The minimum atomic E-state index is 0.193.